The third kappa shape index (κ3) is 2.32. The van der Waals surface area contributed by atoms with Crippen molar-refractivity contribution in [3.05, 3.63) is 34.9 Å². The van der Waals surface area contributed by atoms with Gasteiger partial charge in [-0.2, -0.15) is 0 Å². The van der Waals surface area contributed by atoms with Gasteiger partial charge in [0.15, 0.2) is 0 Å². The average molecular weight is 246 g/mol. The van der Waals surface area contributed by atoms with Gasteiger partial charge in [0.1, 0.15) is 0 Å². The lowest BCUT2D eigenvalue weighted by molar-refractivity contribution is 0.0786. The van der Waals surface area contributed by atoms with Gasteiger partial charge in [-0.25, -0.2) is 0 Å². The van der Waals surface area contributed by atoms with Crippen LogP contribution in [0.2, 0.25) is 0 Å². The predicted molar refractivity (Wildman–Crippen MR) is 77.9 cm³/mol. The largest absolute Gasteiger partial charge is 0.319 e. The molecular weight excluding hydrogens is 220 g/mol. The summed E-state index contributed by atoms with van der Waals surface area (Å²) in [5, 5.41) is 6.95. The first-order valence-electron chi connectivity index (χ1n) is 7.02. The molecule has 0 heterocycles. The smallest absolute Gasteiger partial charge is 0.0389 e. The molecule has 1 unspecified atom stereocenters. The zero-order valence-electron chi connectivity index (χ0n) is 12.1. The molecule has 0 aromatic heterocycles. The summed E-state index contributed by atoms with van der Waals surface area (Å²) in [4.78, 5) is 0. The fourth-order valence-electron chi connectivity index (χ4n) is 3.49. The Kier molecular flexibility index (Phi) is 4.08. The van der Waals surface area contributed by atoms with Crippen LogP contribution in [0.15, 0.2) is 18.2 Å². The molecule has 0 saturated heterocycles. The number of rotatable bonds is 5. The summed E-state index contributed by atoms with van der Waals surface area (Å²) in [6.07, 6.45) is 4.02. The maximum atomic E-state index is 3.57. The molecule has 0 amide bonds. The van der Waals surface area contributed by atoms with Crippen LogP contribution in [0.25, 0.3) is 0 Å². The Morgan fingerprint density at radius 1 is 1.22 bits per heavy atom. The van der Waals surface area contributed by atoms with Gasteiger partial charge in [-0.15, -0.1) is 0 Å². The normalized spacial score (nSPS) is 19.3. The molecule has 1 fully saturated rings. The zero-order chi connectivity index (χ0) is 13.2. The quantitative estimate of drug-likeness (QED) is 0.834. The molecule has 2 rings (SSSR count). The first kappa shape index (κ1) is 13.6. The van der Waals surface area contributed by atoms with E-state index in [9.17, 15) is 0 Å². The molecule has 0 aliphatic heterocycles. The molecule has 0 bridgehead atoms. The van der Waals surface area contributed by atoms with Crippen molar-refractivity contribution in [2.24, 2.45) is 5.41 Å². The lowest BCUT2D eigenvalue weighted by atomic mass is 9.62. The van der Waals surface area contributed by atoms with Crippen LogP contribution in [0.1, 0.15) is 42.0 Å². The second kappa shape index (κ2) is 5.41. The van der Waals surface area contributed by atoms with Crippen molar-refractivity contribution in [1.29, 1.82) is 0 Å². The van der Waals surface area contributed by atoms with Crippen molar-refractivity contribution in [3.8, 4) is 0 Å². The maximum absolute atomic E-state index is 3.57. The number of hydrogen-bond donors (Lipinski definition) is 2. The van der Waals surface area contributed by atoms with Crippen molar-refractivity contribution in [2.75, 3.05) is 20.6 Å². The molecule has 1 aromatic carbocycles. The van der Waals surface area contributed by atoms with Crippen LogP contribution in [-0.2, 0) is 0 Å². The van der Waals surface area contributed by atoms with Gasteiger partial charge in [0, 0.05) is 18.0 Å². The first-order chi connectivity index (χ1) is 8.63. The lowest BCUT2D eigenvalue weighted by Crippen LogP contribution is -2.48. The monoisotopic (exact) mass is 246 g/mol. The second-order valence-electron chi connectivity index (χ2n) is 5.83. The average Bonchev–Trinajstić information content (AvgIpc) is 2.29. The molecule has 1 atom stereocenters. The van der Waals surface area contributed by atoms with Gasteiger partial charge in [0.05, 0.1) is 0 Å². The van der Waals surface area contributed by atoms with Crippen molar-refractivity contribution in [3.63, 3.8) is 0 Å². The highest BCUT2D eigenvalue weighted by Gasteiger charge is 2.43. The van der Waals surface area contributed by atoms with Gasteiger partial charge in [0.2, 0.25) is 0 Å². The minimum atomic E-state index is 0.406. The fourth-order valence-corrected chi connectivity index (χ4v) is 3.49. The summed E-state index contributed by atoms with van der Waals surface area (Å²) in [5.41, 5.74) is 4.64. The van der Waals surface area contributed by atoms with Gasteiger partial charge in [-0.3, -0.25) is 0 Å². The summed E-state index contributed by atoms with van der Waals surface area (Å²) >= 11 is 0. The molecule has 18 heavy (non-hydrogen) atoms. The Balaban J connectivity index is 2.32. The second-order valence-corrected chi connectivity index (χ2v) is 5.83. The Bertz CT molecular complexity index is 408. The van der Waals surface area contributed by atoms with Crippen LogP contribution >= 0.6 is 0 Å². The zero-order valence-corrected chi connectivity index (χ0v) is 12.1. The predicted octanol–water partition coefficient (Wildman–Crippen LogP) is 2.95. The van der Waals surface area contributed by atoms with E-state index in [0.717, 1.165) is 6.54 Å². The van der Waals surface area contributed by atoms with E-state index < -0.39 is 0 Å². The van der Waals surface area contributed by atoms with E-state index in [1.54, 1.807) is 0 Å². The Morgan fingerprint density at radius 2 is 1.94 bits per heavy atom. The number of nitrogens with one attached hydrogen (secondary N) is 2. The Labute approximate surface area is 111 Å². The molecule has 2 N–H and O–H groups in total. The van der Waals surface area contributed by atoms with Gasteiger partial charge < -0.3 is 10.6 Å². The van der Waals surface area contributed by atoms with Crippen LogP contribution in [0.5, 0.6) is 0 Å². The summed E-state index contributed by atoms with van der Waals surface area (Å²) < 4.78 is 0. The first-order valence-corrected chi connectivity index (χ1v) is 7.02. The minimum Gasteiger partial charge on any atom is -0.319 e. The molecule has 2 heteroatoms. The molecule has 0 radical (unpaired) electrons. The van der Waals surface area contributed by atoms with Crippen molar-refractivity contribution in [2.45, 2.75) is 39.2 Å². The molecule has 100 valence electrons. The van der Waals surface area contributed by atoms with E-state index >= 15 is 0 Å². The fraction of sp³-hybridized carbons (Fsp3) is 0.625. The number of benzene rings is 1. The summed E-state index contributed by atoms with van der Waals surface area (Å²) in [7, 11) is 4.16. The van der Waals surface area contributed by atoms with Crippen molar-refractivity contribution >= 4 is 0 Å². The van der Waals surface area contributed by atoms with Gasteiger partial charge in [-0.05, 0) is 51.9 Å². The SMILES string of the molecule is CNCC1(C(NC)c2ccc(C)cc2C)CCC1. The standard InChI is InChI=1S/C16H26N2/c1-12-6-7-14(13(2)10-12)15(18-4)16(11-17-3)8-5-9-16/h6-7,10,15,17-18H,5,8-9,11H2,1-4H3. The molecule has 1 aliphatic rings. The highest BCUT2D eigenvalue weighted by molar-refractivity contribution is 5.34. The Hall–Kier alpha value is -0.860. The summed E-state index contributed by atoms with van der Waals surface area (Å²) in [6, 6.07) is 7.31. The van der Waals surface area contributed by atoms with E-state index in [-0.39, 0.29) is 0 Å². The van der Waals surface area contributed by atoms with Crippen molar-refractivity contribution < 1.29 is 0 Å². The summed E-state index contributed by atoms with van der Waals surface area (Å²) in [5.74, 6) is 0. The van der Waals surface area contributed by atoms with Crippen LogP contribution < -0.4 is 10.6 Å². The topological polar surface area (TPSA) is 24.1 Å². The van der Waals surface area contributed by atoms with E-state index in [0.29, 0.717) is 11.5 Å². The number of aryl methyl sites for hydroxylation is 2. The highest BCUT2D eigenvalue weighted by Crippen LogP contribution is 2.50. The van der Waals surface area contributed by atoms with Crippen LogP contribution in [0.4, 0.5) is 0 Å². The van der Waals surface area contributed by atoms with Crippen LogP contribution in [0, 0.1) is 19.3 Å². The maximum Gasteiger partial charge on any atom is 0.0389 e. The third-order valence-electron chi connectivity index (χ3n) is 4.52. The van der Waals surface area contributed by atoms with E-state index in [1.165, 1.54) is 36.0 Å². The molecule has 1 saturated carbocycles. The van der Waals surface area contributed by atoms with Gasteiger partial charge >= 0.3 is 0 Å². The van der Waals surface area contributed by atoms with Crippen molar-refractivity contribution in [1.82, 2.24) is 10.6 Å². The van der Waals surface area contributed by atoms with Crippen LogP contribution in [-0.4, -0.2) is 20.6 Å². The molecule has 1 aromatic rings. The third-order valence-corrected chi connectivity index (χ3v) is 4.52. The molecule has 1 aliphatic carbocycles. The summed E-state index contributed by atoms with van der Waals surface area (Å²) in [6.45, 7) is 5.50. The van der Waals surface area contributed by atoms with E-state index in [2.05, 4.69) is 56.8 Å². The molecular formula is C16H26N2. The number of hydrogen-bond acceptors (Lipinski definition) is 2. The van der Waals surface area contributed by atoms with Crippen LogP contribution in [0.3, 0.4) is 0 Å². The highest BCUT2D eigenvalue weighted by atomic mass is 14.9. The van der Waals surface area contributed by atoms with Gasteiger partial charge in [0.25, 0.3) is 0 Å². The molecule has 2 nitrogen and oxygen atoms in total. The van der Waals surface area contributed by atoms with E-state index in [1.807, 2.05) is 0 Å². The lowest BCUT2D eigenvalue weighted by Gasteiger charge is -2.48. The van der Waals surface area contributed by atoms with E-state index in [4.69, 9.17) is 0 Å². The van der Waals surface area contributed by atoms with Gasteiger partial charge in [-0.1, -0.05) is 30.2 Å². The Morgan fingerprint density at radius 3 is 2.39 bits per heavy atom. The minimum absolute atomic E-state index is 0.406. The molecule has 0 spiro atoms.